The highest BCUT2D eigenvalue weighted by atomic mass is 16.5. The van der Waals surface area contributed by atoms with E-state index in [1.54, 1.807) is 18.2 Å². The zero-order chi connectivity index (χ0) is 20.5. The first-order valence-corrected chi connectivity index (χ1v) is 9.41. The Bertz CT molecular complexity index is 799. The van der Waals surface area contributed by atoms with Crippen LogP contribution in [0.5, 0.6) is 11.5 Å². The lowest BCUT2D eigenvalue weighted by molar-refractivity contribution is -0.119. The van der Waals surface area contributed by atoms with Crippen molar-refractivity contribution in [2.45, 2.75) is 33.6 Å². The number of carbonyl (C=O) groups excluding carboxylic acids is 2. The fraction of sp³-hybridized carbons (Fsp3) is 0.364. The Labute approximate surface area is 165 Å². The van der Waals surface area contributed by atoms with Crippen molar-refractivity contribution in [3.63, 3.8) is 0 Å². The van der Waals surface area contributed by atoms with E-state index in [1.807, 2.05) is 38.1 Å². The third kappa shape index (κ3) is 6.01. The first-order chi connectivity index (χ1) is 13.4. The number of carbonyl (C=O) groups is 2. The van der Waals surface area contributed by atoms with Gasteiger partial charge in [0.1, 0.15) is 0 Å². The minimum Gasteiger partial charge on any atom is -0.490 e. The minimum atomic E-state index is -0.602. The third-order valence-corrected chi connectivity index (χ3v) is 3.97. The third-order valence-electron chi connectivity index (χ3n) is 3.97. The maximum atomic E-state index is 12.2. The molecule has 0 aliphatic heterocycles. The lowest BCUT2D eigenvalue weighted by Crippen LogP contribution is -2.21. The number of hydrogen-bond donors (Lipinski definition) is 1. The Hall–Kier alpha value is -3.02. The van der Waals surface area contributed by atoms with Crippen LogP contribution in [0.2, 0.25) is 0 Å². The Balaban J connectivity index is 1.93. The number of benzene rings is 2. The maximum absolute atomic E-state index is 12.2. The van der Waals surface area contributed by atoms with Crippen LogP contribution in [-0.2, 0) is 9.53 Å². The maximum Gasteiger partial charge on any atom is 0.338 e. The van der Waals surface area contributed by atoms with E-state index in [1.165, 1.54) is 5.56 Å². The fourth-order valence-corrected chi connectivity index (χ4v) is 2.54. The second-order valence-electron chi connectivity index (χ2n) is 6.43. The summed E-state index contributed by atoms with van der Waals surface area (Å²) < 4.78 is 16.1. The zero-order valence-corrected chi connectivity index (χ0v) is 16.8. The molecule has 0 aromatic heterocycles. The second kappa shape index (κ2) is 10.3. The number of amides is 1. The number of anilines is 1. The van der Waals surface area contributed by atoms with Gasteiger partial charge in [0, 0.05) is 5.69 Å². The van der Waals surface area contributed by atoms with Gasteiger partial charge < -0.3 is 19.5 Å². The molecule has 1 amide bonds. The van der Waals surface area contributed by atoms with Gasteiger partial charge >= 0.3 is 5.97 Å². The van der Waals surface area contributed by atoms with Gasteiger partial charge in [-0.2, -0.15) is 0 Å². The molecule has 2 rings (SSSR count). The Kier molecular flexibility index (Phi) is 7.87. The van der Waals surface area contributed by atoms with Gasteiger partial charge in [0.2, 0.25) is 0 Å². The van der Waals surface area contributed by atoms with Gasteiger partial charge in [-0.3, -0.25) is 4.79 Å². The van der Waals surface area contributed by atoms with E-state index in [0.29, 0.717) is 41.9 Å². The molecule has 6 nitrogen and oxygen atoms in total. The monoisotopic (exact) mass is 385 g/mol. The average molecular weight is 385 g/mol. The number of esters is 1. The zero-order valence-electron chi connectivity index (χ0n) is 16.8. The van der Waals surface area contributed by atoms with E-state index in [9.17, 15) is 9.59 Å². The number of rotatable bonds is 9. The van der Waals surface area contributed by atoms with Crippen molar-refractivity contribution in [1.82, 2.24) is 0 Å². The lowest BCUT2D eigenvalue weighted by Gasteiger charge is -2.12. The van der Waals surface area contributed by atoms with E-state index >= 15 is 0 Å². The lowest BCUT2D eigenvalue weighted by atomic mass is 10.0. The van der Waals surface area contributed by atoms with E-state index in [0.717, 1.165) is 0 Å². The molecule has 0 atom stereocenters. The summed E-state index contributed by atoms with van der Waals surface area (Å²) in [5, 5.41) is 2.71. The van der Waals surface area contributed by atoms with Crippen molar-refractivity contribution < 1.29 is 23.8 Å². The Morgan fingerprint density at radius 2 is 1.57 bits per heavy atom. The average Bonchev–Trinajstić information content (AvgIpc) is 2.68. The van der Waals surface area contributed by atoms with Crippen LogP contribution in [-0.4, -0.2) is 31.7 Å². The molecule has 0 bridgehead atoms. The molecule has 1 N–H and O–H groups in total. The van der Waals surface area contributed by atoms with Crippen LogP contribution < -0.4 is 14.8 Å². The summed E-state index contributed by atoms with van der Waals surface area (Å²) in [6.07, 6.45) is 0. The molecule has 6 heteroatoms. The van der Waals surface area contributed by atoms with Crippen molar-refractivity contribution in [3.05, 3.63) is 53.6 Å². The fourth-order valence-electron chi connectivity index (χ4n) is 2.54. The summed E-state index contributed by atoms with van der Waals surface area (Å²) in [6, 6.07) is 12.4. The molecule has 0 aliphatic carbocycles. The van der Waals surface area contributed by atoms with Gasteiger partial charge in [0.05, 0.1) is 18.8 Å². The van der Waals surface area contributed by atoms with Gasteiger partial charge in [-0.1, -0.05) is 26.0 Å². The van der Waals surface area contributed by atoms with E-state index in [4.69, 9.17) is 14.2 Å². The summed E-state index contributed by atoms with van der Waals surface area (Å²) in [5.41, 5.74) is 2.14. The highest BCUT2D eigenvalue weighted by molar-refractivity contribution is 5.95. The van der Waals surface area contributed by atoms with Gasteiger partial charge in [0.15, 0.2) is 18.1 Å². The summed E-state index contributed by atoms with van der Waals surface area (Å²) in [6.45, 7) is 8.47. The highest BCUT2D eigenvalue weighted by Crippen LogP contribution is 2.28. The molecule has 0 saturated heterocycles. The quantitative estimate of drug-likeness (QED) is 0.648. The molecular weight excluding hydrogens is 358 g/mol. The Morgan fingerprint density at radius 3 is 2.18 bits per heavy atom. The molecule has 2 aromatic carbocycles. The van der Waals surface area contributed by atoms with Gasteiger partial charge in [-0.25, -0.2) is 4.79 Å². The van der Waals surface area contributed by atoms with Crippen LogP contribution in [0.3, 0.4) is 0 Å². The van der Waals surface area contributed by atoms with E-state index < -0.39 is 11.9 Å². The van der Waals surface area contributed by atoms with Crippen molar-refractivity contribution in [2.24, 2.45) is 0 Å². The highest BCUT2D eigenvalue weighted by Gasteiger charge is 2.14. The summed E-state index contributed by atoms with van der Waals surface area (Å²) in [7, 11) is 0. The first-order valence-electron chi connectivity index (χ1n) is 9.41. The molecule has 2 aromatic rings. The predicted octanol–water partition coefficient (Wildman–Crippen LogP) is 4.40. The second-order valence-corrected chi connectivity index (χ2v) is 6.43. The molecular formula is C22H27NO5. The Morgan fingerprint density at radius 1 is 0.929 bits per heavy atom. The largest absolute Gasteiger partial charge is 0.490 e. The van der Waals surface area contributed by atoms with Crippen LogP contribution in [0.4, 0.5) is 5.69 Å². The van der Waals surface area contributed by atoms with Crippen LogP contribution in [0.15, 0.2) is 42.5 Å². The normalized spacial score (nSPS) is 10.5. The summed E-state index contributed by atoms with van der Waals surface area (Å²) >= 11 is 0. The van der Waals surface area contributed by atoms with Crippen molar-refractivity contribution in [1.29, 1.82) is 0 Å². The summed E-state index contributed by atoms with van der Waals surface area (Å²) in [4.78, 5) is 24.3. The standard InChI is InChI=1S/C22H27NO5/c1-5-26-19-12-9-17(13-20(19)27-6-2)22(25)28-14-21(24)23-18-10-7-16(8-11-18)15(3)4/h7-13,15H,5-6,14H2,1-4H3,(H,23,24). The van der Waals surface area contributed by atoms with E-state index in [-0.39, 0.29) is 6.61 Å². The van der Waals surface area contributed by atoms with Crippen molar-refractivity contribution in [3.8, 4) is 11.5 Å². The van der Waals surface area contributed by atoms with Crippen molar-refractivity contribution in [2.75, 3.05) is 25.1 Å². The number of nitrogens with one attached hydrogen (secondary N) is 1. The van der Waals surface area contributed by atoms with Crippen LogP contribution >= 0.6 is 0 Å². The van der Waals surface area contributed by atoms with Crippen molar-refractivity contribution >= 4 is 17.6 Å². The summed E-state index contributed by atoms with van der Waals surface area (Å²) in [5.74, 6) is 0.439. The van der Waals surface area contributed by atoms with Gasteiger partial charge in [-0.05, 0) is 55.7 Å². The molecule has 0 radical (unpaired) electrons. The van der Waals surface area contributed by atoms with Crippen LogP contribution in [0.25, 0.3) is 0 Å². The molecule has 150 valence electrons. The van der Waals surface area contributed by atoms with Crippen LogP contribution in [0, 0.1) is 0 Å². The number of hydrogen-bond acceptors (Lipinski definition) is 5. The smallest absolute Gasteiger partial charge is 0.338 e. The number of ether oxygens (including phenoxy) is 3. The minimum absolute atomic E-state index is 0.293. The predicted molar refractivity (Wildman–Crippen MR) is 108 cm³/mol. The van der Waals surface area contributed by atoms with Crippen LogP contribution in [0.1, 0.15) is 49.5 Å². The topological polar surface area (TPSA) is 73.9 Å². The molecule has 0 heterocycles. The molecule has 0 saturated carbocycles. The molecule has 0 aliphatic rings. The van der Waals surface area contributed by atoms with Gasteiger partial charge in [-0.15, -0.1) is 0 Å². The molecule has 0 unspecified atom stereocenters. The molecule has 28 heavy (non-hydrogen) atoms. The molecule has 0 fully saturated rings. The first kappa shape index (κ1) is 21.3. The van der Waals surface area contributed by atoms with E-state index in [2.05, 4.69) is 19.2 Å². The van der Waals surface area contributed by atoms with Gasteiger partial charge in [0.25, 0.3) is 5.91 Å². The molecule has 0 spiro atoms. The SMILES string of the molecule is CCOc1ccc(C(=O)OCC(=O)Nc2ccc(C(C)C)cc2)cc1OCC.